The largest absolute Gasteiger partial charge is 0.451 e. The second-order valence-electron chi connectivity index (χ2n) is 5.58. The van der Waals surface area contributed by atoms with E-state index in [-0.39, 0.29) is 18.2 Å². The molecule has 26 heavy (non-hydrogen) atoms. The highest BCUT2D eigenvalue weighted by atomic mass is 16.5. The smallest absolute Gasteiger partial charge is 0.356 e. The molecule has 0 spiro atoms. The number of likely N-dealkylation sites (N-methyl/N-ethyl adjacent to an activating group) is 1. The van der Waals surface area contributed by atoms with E-state index in [9.17, 15) is 9.59 Å². The normalized spacial score (nSPS) is 10.3. The number of nitrogens with one attached hydrogen (secondary N) is 1. The van der Waals surface area contributed by atoms with E-state index in [1.54, 1.807) is 11.0 Å². The van der Waals surface area contributed by atoms with Crippen molar-refractivity contribution in [3.63, 3.8) is 0 Å². The van der Waals surface area contributed by atoms with E-state index in [4.69, 9.17) is 4.74 Å². The van der Waals surface area contributed by atoms with Crippen molar-refractivity contribution >= 4 is 17.6 Å². The van der Waals surface area contributed by atoms with Gasteiger partial charge in [0.25, 0.3) is 5.91 Å². The molecule has 6 nitrogen and oxygen atoms in total. The van der Waals surface area contributed by atoms with Crippen molar-refractivity contribution in [2.24, 2.45) is 0 Å². The number of hydrogen-bond donors (Lipinski definition) is 1. The lowest BCUT2D eigenvalue weighted by Gasteiger charge is -2.20. The van der Waals surface area contributed by atoms with E-state index in [0.717, 1.165) is 11.3 Å². The van der Waals surface area contributed by atoms with Gasteiger partial charge in [-0.3, -0.25) is 9.89 Å². The molecule has 132 valence electrons. The van der Waals surface area contributed by atoms with Crippen LogP contribution in [0, 0.1) is 0 Å². The van der Waals surface area contributed by atoms with Crippen molar-refractivity contribution < 1.29 is 14.3 Å². The molecule has 0 saturated heterocycles. The van der Waals surface area contributed by atoms with Gasteiger partial charge in [0.15, 0.2) is 6.61 Å². The van der Waals surface area contributed by atoms with E-state index in [1.807, 2.05) is 67.6 Å². The van der Waals surface area contributed by atoms with Crippen molar-refractivity contribution in [3.05, 3.63) is 72.4 Å². The lowest BCUT2D eigenvalue weighted by Crippen LogP contribution is -2.34. The molecule has 3 aromatic rings. The summed E-state index contributed by atoms with van der Waals surface area (Å²) in [7, 11) is 0. The van der Waals surface area contributed by atoms with Crippen LogP contribution in [0.5, 0.6) is 0 Å². The summed E-state index contributed by atoms with van der Waals surface area (Å²) in [5.41, 5.74) is 2.51. The average molecular weight is 349 g/mol. The summed E-state index contributed by atoms with van der Waals surface area (Å²) in [6.45, 7) is 2.03. The van der Waals surface area contributed by atoms with Crippen LogP contribution in [0.4, 0.5) is 5.69 Å². The van der Waals surface area contributed by atoms with Crippen LogP contribution in [0.2, 0.25) is 0 Å². The van der Waals surface area contributed by atoms with E-state index < -0.39 is 5.97 Å². The van der Waals surface area contributed by atoms with Gasteiger partial charge in [-0.1, -0.05) is 48.5 Å². The molecule has 0 aliphatic heterocycles. The van der Waals surface area contributed by atoms with Crippen molar-refractivity contribution in [1.29, 1.82) is 0 Å². The first-order valence-corrected chi connectivity index (χ1v) is 8.32. The fourth-order valence-corrected chi connectivity index (χ4v) is 2.58. The van der Waals surface area contributed by atoms with Crippen LogP contribution in [-0.4, -0.2) is 35.2 Å². The number of carbonyl (C=O) groups is 2. The molecule has 0 fully saturated rings. The van der Waals surface area contributed by atoms with Gasteiger partial charge in [0.05, 0.1) is 5.69 Å². The zero-order valence-electron chi connectivity index (χ0n) is 14.4. The molecule has 0 atom stereocenters. The molecule has 0 bridgehead atoms. The lowest BCUT2D eigenvalue weighted by atomic mass is 10.1. The SMILES string of the molecule is CCN(C(=O)COC(=O)c1cc(-c2ccccc2)n[nH]1)c1ccccc1. The Kier molecular flexibility index (Phi) is 5.43. The number of nitrogens with zero attached hydrogens (tertiary/aromatic N) is 2. The Labute approximate surface area is 151 Å². The highest BCUT2D eigenvalue weighted by molar-refractivity contribution is 5.96. The minimum atomic E-state index is -0.614. The second-order valence-corrected chi connectivity index (χ2v) is 5.58. The molecule has 1 amide bonds. The Morgan fingerprint density at radius 1 is 1.04 bits per heavy atom. The summed E-state index contributed by atoms with van der Waals surface area (Å²) < 4.78 is 5.14. The van der Waals surface area contributed by atoms with Crippen LogP contribution in [0.3, 0.4) is 0 Å². The molecule has 0 radical (unpaired) electrons. The van der Waals surface area contributed by atoms with Crippen molar-refractivity contribution in [2.75, 3.05) is 18.1 Å². The second kappa shape index (κ2) is 8.11. The van der Waals surface area contributed by atoms with Crippen LogP contribution in [0.1, 0.15) is 17.4 Å². The third kappa shape index (κ3) is 3.97. The minimum Gasteiger partial charge on any atom is -0.451 e. The third-order valence-corrected chi connectivity index (χ3v) is 3.88. The van der Waals surface area contributed by atoms with Crippen molar-refractivity contribution in [1.82, 2.24) is 10.2 Å². The van der Waals surface area contributed by atoms with Gasteiger partial charge >= 0.3 is 5.97 Å². The Morgan fingerprint density at radius 2 is 1.69 bits per heavy atom. The average Bonchev–Trinajstić information content (AvgIpc) is 3.18. The maximum Gasteiger partial charge on any atom is 0.356 e. The summed E-state index contributed by atoms with van der Waals surface area (Å²) in [5, 5.41) is 6.77. The Balaban J connectivity index is 1.62. The Morgan fingerprint density at radius 3 is 2.35 bits per heavy atom. The maximum absolute atomic E-state index is 12.4. The molecule has 0 unspecified atom stereocenters. The maximum atomic E-state index is 12.4. The van der Waals surface area contributed by atoms with Crippen LogP contribution < -0.4 is 4.90 Å². The summed E-state index contributed by atoms with van der Waals surface area (Å²) in [5.74, 6) is -0.896. The number of esters is 1. The molecule has 6 heteroatoms. The predicted molar refractivity (Wildman–Crippen MR) is 98.8 cm³/mol. The number of H-pyrrole nitrogens is 1. The molecule has 0 saturated carbocycles. The van der Waals surface area contributed by atoms with Gasteiger partial charge in [0.1, 0.15) is 5.69 Å². The topological polar surface area (TPSA) is 75.3 Å². The van der Waals surface area contributed by atoms with Crippen molar-refractivity contribution in [2.45, 2.75) is 6.92 Å². The summed E-state index contributed by atoms with van der Waals surface area (Å²) in [6.07, 6.45) is 0. The number of amides is 1. The monoisotopic (exact) mass is 349 g/mol. The standard InChI is InChI=1S/C20H19N3O3/c1-2-23(16-11-7-4-8-12-16)19(24)14-26-20(25)18-13-17(21-22-18)15-9-5-3-6-10-15/h3-13H,2,14H2,1H3,(H,21,22). The summed E-state index contributed by atoms with van der Waals surface area (Å²) in [4.78, 5) is 26.1. The number of carbonyl (C=O) groups excluding carboxylic acids is 2. The molecule has 1 N–H and O–H groups in total. The van der Waals surface area contributed by atoms with Gasteiger partial charge in [0, 0.05) is 17.8 Å². The quantitative estimate of drug-likeness (QED) is 0.693. The van der Waals surface area contributed by atoms with E-state index in [2.05, 4.69) is 10.2 Å². The third-order valence-electron chi connectivity index (χ3n) is 3.88. The summed E-state index contributed by atoms with van der Waals surface area (Å²) >= 11 is 0. The van der Waals surface area contributed by atoms with Crippen LogP contribution >= 0.6 is 0 Å². The Bertz CT molecular complexity index is 876. The van der Waals surface area contributed by atoms with Crippen LogP contribution in [0.25, 0.3) is 11.3 Å². The number of benzene rings is 2. The predicted octanol–water partition coefficient (Wildman–Crippen LogP) is 3.29. The van der Waals surface area contributed by atoms with Gasteiger partial charge in [-0.2, -0.15) is 5.10 Å². The van der Waals surface area contributed by atoms with E-state index in [0.29, 0.717) is 12.2 Å². The number of para-hydroxylation sites is 1. The van der Waals surface area contributed by atoms with E-state index in [1.165, 1.54) is 0 Å². The molecule has 1 aromatic heterocycles. The molecule has 0 aliphatic carbocycles. The zero-order valence-corrected chi connectivity index (χ0v) is 14.4. The number of rotatable bonds is 6. The molecule has 2 aromatic carbocycles. The number of aromatic nitrogens is 2. The molecular weight excluding hydrogens is 330 g/mol. The molecule has 3 rings (SSSR count). The first-order chi connectivity index (χ1) is 12.7. The van der Waals surface area contributed by atoms with Crippen molar-refractivity contribution in [3.8, 4) is 11.3 Å². The van der Waals surface area contributed by atoms with Gasteiger partial charge < -0.3 is 9.64 Å². The van der Waals surface area contributed by atoms with Gasteiger partial charge in [-0.05, 0) is 25.1 Å². The van der Waals surface area contributed by atoms with Gasteiger partial charge in [-0.25, -0.2) is 4.79 Å². The van der Waals surface area contributed by atoms with Gasteiger partial charge in [-0.15, -0.1) is 0 Å². The van der Waals surface area contributed by atoms with Crippen LogP contribution in [-0.2, 0) is 9.53 Å². The number of hydrogen-bond acceptors (Lipinski definition) is 4. The summed E-state index contributed by atoms with van der Waals surface area (Å²) in [6, 6.07) is 20.4. The first-order valence-electron chi connectivity index (χ1n) is 8.32. The fourth-order valence-electron chi connectivity index (χ4n) is 2.58. The number of ether oxygens (including phenoxy) is 1. The lowest BCUT2D eigenvalue weighted by molar-refractivity contribution is -0.121. The Hall–Kier alpha value is -3.41. The van der Waals surface area contributed by atoms with E-state index >= 15 is 0 Å². The molecule has 1 heterocycles. The first kappa shape index (κ1) is 17.4. The zero-order chi connectivity index (χ0) is 18.4. The minimum absolute atomic E-state index is 0.208. The fraction of sp³-hybridized carbons (Fsp3) is 0.150. The molecular formula is C20H19N3O3. The number of aromatic amines is 1. The van der Waals surface area contributed by atoms with Gasteiger partial charge in [0.2, 0.25) is 0 Å². The van der Waals surface area contributed by atoms with Crippen LogP contribution in [0.15, 0.2) is 66.7 Å². The highest BCUT2D eigenvalue weighted by Gasteiger charge is 2.18. The number of anilines is 1. The highest BCUT2D eigenvalue weighted by Crippen LogP contribution is 2.17. The molecule has 0 aliphatic rings.